The molecule has 1 aliphatic rings. The van der Waals surface area contributed by atoms with E-state index in [1.54, 1.807) is 0 Å². The predicted octanol–water partition coefficient (Wildman–Crippen LogP) is 1.61. The summed E-state index contributed by atoms with van der Waals surface area (Å²) in [4.78, 5) is 0. The van der Waals surface area contributed by atoms with Crippen molar-refractivity contribution in [1.29, 1.82) is 0 Å². The first-order chi connectivity index (χ1) is 2.89. The maximum Gasteiger partial charge on any atom is 0.0718 e. The summed E-state index contributed by atoms with van der Waals surface area (Å²) in [5.41, 5.74) is 0. The Kier molecular flexibility index (Phi) is 1.21. The van der Waals surface area contributed by atoms with Crippen LogP contribution in [0.1, 0.15) is 12.8 Å². The molecule has 0 aromatic heterocycles. The van der Waals surface area contributed by atoms with Gasteiger partial charge in [0.15, 0.2) is 0 Å². The van der Waals surface area contributed by atoms with Crippen LogP contribution >= 0.6 is 7.80 Å². The Balaban J connectivity index is 2.37. The number of rotatable bonds is 0. The molecule has 1 nitrogen and oxygen atoms in total. The molecule has 0 amide bonds. The first kappa shape index (κ1) is 4.26. The van der Waals surface area contributed by atoms with Gasteiger partial charge in [0.05, 0.1) is 7.80 Å². The zero-order chi connectivity index (χ0) is 4.41. The summed E-state index contributed by atoms with van der Waals surface area (Å²) in [6, 6.07) is 0. The van der Waals surface area contributed by atoms with Crippen LogP contribution in [-0.4, -0.2) is 12.3 Å². The normalized spacial score (nSPS) is 22.3. The van der Waals surface area contributed by atoms with Crippen LogP contribution in [0.3, 0.4) is 0 Å². The predicted molar refractivity (Wildman–Crippen MR) is 26.6 cm³/mol. The molecule has 0 aromatic carbocycles. The van der Waals surface area contributed by atoms with Crippen LogP contribution in [0.4, 0.5) is 0 Å². The van der Waals surface area contributed by atoms with Crippen molar-refractivity contribution in [2.24, 2.45) is 0 Å². The number of hydrogen-bond donors (Lipinski definition) is 0. The highest BCUT2D eigenvalue weighted by atomic mass is 31.1. The molecule has 35 valence electrons. The molecule has 0 saturated carbocycles. The number of hydrogen-bond acceptors (Lipinski definition) is 1. The zero-order valence-electron chi connectivity index (χ0n) is 3.68. The van der Waals surface area contributed by atoms with Crippen LogP contribution in [0.5, 0.6) is 0 Å². The third-order valence-electron chi connectivity index (χ3n) is 1.07. The fraction of sp³-hybridized carbons (Fsp3) is 1.00. The Morgan fingerprint density at radius 1 is 1.17 bits per heavy atom. The summed E-state index contributed by atoms with van der Waals surface area (Å²) in [5.74, 6) is 0. The second-order valence-corrected chi connectivity index (χ2v) is 3.49. The van der Waals surface area contributed by atoms with Gasteiger partial charge < -0.3 is 0 Å². The van der Waals surface area contributed by atoms with E-state index in [-0.39, 0.29) is 0 Å². The van der Waals surface area contributed by atoms with E-state index in [0.717, 1.165) is 12.3 Å². The molecule has 0 unspecified atom stereocenters. The highest BCUT2D eigenvalue weighted by molar-refractivity contribution is 7.45. The Bertz CT molecular complexity index is 61.9. The molecule has 1 aliphatic heterocycles. The molecular weight excluding hydrogens is 95.0 g/mol. The second kappa shape index (κ2) is 1.70. The standard InChI is InChI=1S/C4H8OP/c5-6-3-1-2-4-6/h1-4H2. The SMILES string of the molecule is O=[P]1CCCC1. The lowest BCUT2D eigenvalue weighted by atomic mass is 10.4. The molecule has 6 heavy (non-hydrogen) atoms. The first-order valence-corrected chi connectivity index (χ1v) is 3.95. The molecular formula is C4H8OP. The lowest BCUT2D eigenvalue weighted by Crippen LogP contribution is -1.58. The average molecular weight is 103 g/mol. The van der Waals surface area contributed by atoms with Crippen molar-refractivity contribution in [2.75, 3.05) is 12.3 Å². The van der Waals surface area contributed by atoms with E-state index in [9.17, 15) is 4.57 Å². The van der Waals surface area contributed by atoms with E-state index in [1.165, 1.54) is 12.8 Å². The van der Waals surface area contributed by atoms with E-state index in [1.807, 2.05) is 0 Å². The van der Waals surface area contributed by atoms with Crippen LogP contribution in [0, 0.1) is 0 Å². The van der Waals surface area contributed by atoms with Gasteiger partial charge in [-0.25, -0.2) is 0 Å². The van der Waals surface area contributed by atoms with Gasteiger partial charge in [-0.2, -0.15) is 0 Å². The summed E-state index contributed by atoms with van der Waals surface area (Å²) in [7, 11) is -0.715. The van der Waals surface area contributed by atoms with Crippen LogP contribution in [0.25, 0.3) is 0 Å². The van der Waals surface area contributed by atoms with E-state index in [4.69, 9.17) is 0 Å². The molecule has 0 spiro atoms. The molecule has 1 radical (unpaired) electrons. The highest BCUT2D eigenvalue weighted by Gasteiger charge is 2.06. The maximum absolute atomic E-state index is 10.4. The quantitative estimate of drug-likeness (QED) is 0.425. The Morgan fingerprint density at radius 2 is 1.67 bits per heavy atom. The van der Waals surface area contributed by atoms with Gasteiger partial charge in [0.1, 0.15) is 0 Å². The Labute approximate surface area is 38.5 Å². The molecule has 1 heterocycles. The minimum atomic E-state index is -0.715. The molecule has 2 heteroatoms. The van der Waals surface area contributed by atoms with Crippen molar-refractivity contribution in [3.63, 3.8) is 0 Å². The van der Waals surface area contributed by atoms with Crippen molar-refractivity contribution in [3.8, 4) is 0 Å². The van der Waals surface area contributed by atoms with Gasteiger partial charge in [0.25, 0.3) is 0 Å². The third-order valence-corrected chi connectivity index (χ3v) is 2.70. The second-order valence-electron chi connectivity index (χ2n) is 1.64. The summed E-state index contributed by atoms with van der Waals surface area (Å²) < 4.78 is 10.4. The van der Waals surface area contributed by atoms with Crippen molar-refractivity contribution in [3.05, 3.63) is 0 Å². The summed E-state index contributed by atoms with van der Waals surface area (Å²) in [6.07, 6.45) is 4.40. The smallest absolute Gasteiger partial charge is 0.0718 e. The molecule has 1 rings (SSSR count). The monoisotopic (exact) mass is 103 g/mol. The van der Waals surface area contributed by atoms with Gasteiger partial charge in [-0.3, -0.25) is 4.57 Å². The summed E-state index contributed by atoms with van der Waals surface area (Å²) in [6.45, 7) is 0. The van der Waals surface area contributed by atoms with Crippen molar-refractivity contribution in [1.82, 2.24) is 0 Å². The van der Waals surface area contributed by atoms with Gasteiger partial charge in [0, 0.05) is 12.3 Å². The van der Waals surface area contributed by atoms with Gasteiger partial charge in [-0.1, -0.05) is 0 Å². The topological polar surface area (TPSA) is 17.1 Å². The minimum Gasteiger partial charge on any atom is -0.287 e. The summed E-state index contributed by atoms with van der Waals surface area (Å²) in [5, 5.41) is 0. The molecule has 0 atom stereocenters. The van der Waals surface area contributed by atoms with Gasteiger partial charge in [-0.15, -0.1) is 0 Å². The molecule has 0 bridgehead atoms. The molecule has 0 aliphatic carbocycles. The maximum atomic E-state index is 10.4. The van der Waals surface area contributed by atoms with Crippen molar-refractivity contribution in [2.45, 2.75) is 12.8 Å². The van der Waals surface area contributed by atoms with Crippen molar-refractivity contribution < 1.29 is 4.57 Å². The average Bonchev–Trinajstić information content (AvgIpc) is 1.86. The fourth-order valence-electron chi connectivity index (χ4n) is 0.688. The summed E-state index contributed by atoms with van der Waals surface area (Å²) >= 11 is 0. The van der Waals surface area contributed by atoms with E-state index >= 15 is 0 Å². The van der Waals surface area contributed by atoms with E-state index in [2.05, 4.69) is 0 Å². The van der Waals surface area contributed by atoms with Gasteiger partial charge in [0.2, 0.25) is 0 Å². The van der Waals surface area contributed by atoms with Crippen LogP contribution in [0.15, 0.2) is 0 Å². The molecule has 0 aromatic rings. The molecule has 1 fully saturated rings. The minimum absolute atomic E-state index is 0.715. The van der Waals surface area contributed by atoms with Gasteiger partial charge in [-0.05, 0) is 12.8 Å². The fourth-order valence-corrected chi connectivity index (χ4v) is 2.06. The van der Waals surface area contributed by atoms with Crippen molar-refractivity contribution >= 4 is 7.80 Å². The Hall–Kier alpha value is 0.100. The van der Waals surface area contributed by atoms with E-state index in [0.29, 0.717) is 0 Å². The van der Waals surface area contributed by atoms with Crippen LogP contribution < -0.4 is 0 Å². The molecule has 1 saturated heterocycles. The van der Waals surface area contributed by atoms with Gasteiger partial charge >= 0.3 is 0 Å². The lowest BCUT2D eigenvalue weighted by molar-refractivity contribution is 0.591. The van der Waals surface area contributed by atoms with E-state index < -0.39 is 7.80 Å². The lowest BCUT2D eigenvalue weighted by Gasteiger charge is -1.73. The zero-order valence-corrected chi connectivity index (χ0v) is 4.58. The molecule has 0 N–H and O–H groups in total. The largest absolute Gasteiger partial charge is 0.287 e. The van der Waals surface area contributed by atoms with Crippen LogP contribution in [0.2, 0.25) is 0 Å². The third kappa shape index (κ3) is 0.782. The highest BCUT2D eigenvalue weighted by Crippen LogP contribution is 2.30. The Morgan fingerprint density at radius 3 is 1.83 bits per heavy atom. The van der Waals surface area contributed by atoms with Crippen LogP contribution in [-0.2, 0) is 4.57 Å². The first-order valence-electron chi connectivity index (χ1n) is 2.32.